The van der Waals surface area contributed by atoms with Crippen LogP contribution in [0, 0.1) is 0 Å². The number of ether oxygens (including phenoxy) is 2. The lowest BCUT2D eigenvalue weighted by Gasteiger charge is -2.13. The average molecular weight is 374 g/mol. The standard InChI is InChI=1S/C18H16BrNO3/c19-12-2-1-3-13(9-12)20-17(21)10-15-14-5-7-22-16(14)8-11-4-6-23-18(11)15/h1-3,8-9H,4-7,10H2,(H,20,21). The van der Waals surface area contributed by atoms with E-state index in [1.54, 1.807) is 0 Å². The SMILES string of the molecule is O=C(Cc1c2c(cc3c1OCC3)OCC2)Nc1cccc(Br)c1. The molecule has 4 rings (SSSR count). The fourth-order valence-corrected chi connectivity index (χ4v) is 3.60. The number of carbonyl (C=O) groups excluding carboxylic acids is 1. The molecule has 2 aromatic carbocycles. The van der Waals surface area contributed by atoms with Crippen LogP contribution in [0.3, 0.4) is 0 Å². The van der Waals surface area contributed by atoms with Gasteiger partial charge in [0, 0.05) is 39.7 Å². The Balaban J connectivity index is 1.60. The molecule has 2 aliphatic heterocycles. The minimum absolute atomic E-state index is 0.0406. The largest absolute Gasteiger partial charge is 0.493 e. The molecule has 2 aliphatic rings. The van der Waals surface area contributed by atoms with Crippen LogP contribution in [-0.2, 0) is 24.1 Å². The molecule has 2 heterocycles. The van der Waals surface area contributed by atoms with E-state index in [9.17, 15) is 4.79 Å². The quantitative estimate of drug-likeness (QED) is 0.895. The van der Waals surface area contributed by atoms with Gasteiger partial charge in [0.15, 0.2) is 0 Å². The van der Waals surface area contributed by atoms with Gasteiger partial charge < -0.3 is 14.8 Å². The van der Waals surface area contributed by atoms with Crippen LogP contribution in [0.25, 0.3) is 0 Å². The number of halogens is 1. The van der Waals surface area contributed by atoms with E-state index in [-0.39, 0.29) is 5.91 Å². The van der Waals surface area contributed by atoms with E-state index in [1.165, 1.54) is 0 Å². The summed E-state index contributed by atoms with van der Waals surface area (Å²) in [6, 6.07) is 9.66. The number of amides is 1. The van der Waals surface area contributed by atoms with Crippen LogP contribution in [0.15, 0.2) is 34.8 Å². The summed E-state index contributed by atoms with van der Waals surface area (Å²) in [4.78, 5) is 12.5. The zero-order chi connectivity index (χ0) is 15.8. The Morgan fingerprint density at radius 1 is 1.17 bits per heavy atom. The number of hydrogen-bond acceptors (Lipinski definition) is 3. The number of nitrogens with one attached hydrogen (secondary N) is 1. The summed E-state index contributed by atoms with van der Waals surface area (Å²) in [6.45, 7) is 1.36. The number of fused-ring (bicyclic) bond motifs is 2. The summed E-state index contributed by atoms with van der Waals surface area (Å²) in [7, 11) is 0. The predicted molar refractivity (Wildman–Crippen MR) is 91.3 cm³/mol. The maximum Gasteiger partial charge on any atom is 0.228 e. The van der Waals surface area contributed by atoms with Crippen molar-refractivity contribution in [1.29, 1.82) is 0 Å². The summed E-state index contributed by atoms with van der Waals surface area (Å²) in [5, 5.41) is 2.95. The third kappa shape index (κ3) is 2.81. The van der Waals surface area contributed by atoms with Gasteiger partial charge in [-0.1, -0.05) is 22.0 Å². The molecule has 0 spiro atoms. The highest BCUT2D eigenvalue weighted by Crippen LogP contribution is 2.40. The summed E-state index contributed by atoms with van der Waals surface area (Å²) in [5.41, 5.74) is 4.04. The number of hydrogen-bond donors (Lipinski definition) is 1. The van der Waals surface area contributed by atoms with E-state index in [4.69, 9.17) is 9.47 Å². The van der Waals surface area contributed by atoms with Crippen molar-refractivity contribution >= 4 is 27.5 Å². The first-order chi connectivity index (χ1) is 11.2. The molecule has 0 atom stereocenters. The van der Waals surface area contributed by atoms with Crippen molar-refractivity contribution in [3.05, 3.63) is 51.5 Å². The van der Waals surface area contributed by atoms with Crippen LogP contribution < -0.4 is 14.8 Å². The second kappa shape index (κ2) is 5.89. The molecule has 0 bridgehead atoms. The van der Waals surface area contributed by atoms with E-state index < -0.39 is 0 Å². The molecule has 118 valence electrons. The van der Waals surface area contributed by atoms with Crippen LogP contribution in [0.4, 0.5) is 5.69 Å². The first kappa shape index (κ1) is 14.6. The molecule has 0 aliphatic carbocycles. The lowest BCUT2D eigenvalue weighted by molar-refractivity contribution is -0.115. The molecule has 2 aromatic rings. The van der Waals surface area contributed by atoms with Gasteiger partial charge in [0.05, 0.1) is 19.6 Å². The zero-order valence-corrected chi connectivity index (χ0v) is 14.1. The van der Waals surface area contributed by atoms with E-state index in [0.717, 1.165) is 51.2 Å². The molecule has 0 fully saturated rings. The minimum Gasteiger partial charge on any atom is -0.493 e. The fraction of sp³-hybridized carbons (Fsp3) is 0.278. The topological polar surface area (TPSA) is 47.6 Å². The summed E-state index contributed by atoms with van der Waals surface area (Å²) >= 11 is 3.41. The maximum atomic E-state index is 12.5. The smallest absolute Gasteiger partial charge is 0.228 e. The lowest BCUT2D eigenvalue weighted by atomic mass is 9.97. The highest BCUT2D eigenvalue weighted by Gasteiger charge is 2.27. The molecule has 23 heavy (non-hydrogen) atoms. The number of carbonyl (C=O) groups is 1. The van der Waals surface area contributed by atoms with Gasteiger partial charge in [-0.25, -0.2) is 0 Å². The average Bonchev–Trinajstić information content (AvgIpc) is 3.15. The maximum absolute atomic E-state index is 12.5. The molecular formula is C18H16BrNO3. The Kier molecular flexibility index (Phi) is 3.73. The van der Waals surface area contributed by atoms with Crippen molar-refractivity contribution in [2.45, 2.75) is 19.3 Å². The molecule has 1 N–H and O–H groups in total. The number of benzene rings is 2. The van der Waals surface area contributed by atoms with Crippen molar-refractivity contribution in [1.82, 2.24) is 0 Å². The van der Waals surface area contributed by atoms with Crippen LogP contribution in [0.5, 0.6) is 11.5 Å². The molecule has 0 saturated heterocycles. The highest BCUT2D eigenvalue weighted by atomic mass is 79.9. The Labute approximate surface area is 142 Å². The first-order valence-electron chi connectivity index (χ1n) is 7.69. The highest BCUT2D eigenvalue weighted by molar-refractivity contribution is 9.10. The van der Waals surface area contributed by atoms with E-state index in [2.05, 4.69) is 27.3 Å². The second-order valence-corrected chi connectivity index (χ2v) is 6.67. The molecule has 0 saturated carbocycles. The van der Waals surface area contributed by atoms with Gasteiger partial charge in [0.1, 0.15) is 11.5 Å². The van der Waals surface area contributed by atoms with E-state index in [0.29, 0.717) is 19.6 Å². The summed E-state index contributed by atoms with van der Waals surface area (Å²) < 4.78 is 12.4. The van der Waals surface area contributed by atoms with Crippen LogP contribution in [0.1, 0.15) is 16.7 Å². The molecule has 0 aromatic heterocycles. The van der Waals surface area contributed by atoms with Gasteiger partial charge >= 0.3 is 0 Å². The van der Waals surface area contributed by atoms with Gasteiger partial charge in [0.2, 0.25) is 5.91 Å². The van der Waals surface area contributed by atoms with Gasteiger partial charge in [-0.15, -0.1) is 0 Å². The Morgan fingerprint density at radius 2 is 2.04 bits per heavy atom. The van der Waals surface area contributed by atoms with Gasteiger partial charge in [-0.2, -0.15) is 0 Å². The lowest BCUT2D eigenvalue weighted by Crippen LogP contribution is -2.16. The molecule has 0 radical (unpaired) electrons. The summed E-state index contributed by atoms with van der Waals surface area (Å²) in [6.07, 6.45) is 2.03. The van der Waals surface area contributed by atoms with Crippen molar-refractivity contribution < 1.29 is 14.3 Å². The molecular weight excluding hydrogens is 358 g/mol. The Hall–Kier alpha value is -2.01. The first-order valence-corrected chi connectivity index (χ1v) is 8.48. The zero-order valence-electron chi connectivity index (χ0n) is 12.5. The monoisotopic (exact) mass is 373 g/mol. The third-order valence-corrected chi connectivity index (χ3v) is 4.70. The molecule has 1 amide bonds. The van der Waals surface area contributed by atoms with Crippen molar-refractivity contribution in [3.63, 3.8) is 0 Å². The molecule has 5 heteroatoms. The Bertz CT molecular complexity index is 756. The van der Waals surface area contributed by atoms with Crippen LogP contribution in [0.2, 0.25) is 0 Å². The number of rotatable bonds is 3. The van der Waals surface area contributed by atoms with E-state index >= 15 is 0 Å². The van der Waals surface area contributed by atoms with E-state index in [1.807, 2.05) is 24.3 Å². The molecule has 0 unspecified atom stereocenters. The van der Waals surface area contributed by atoms with Gasteiger partial charge in [-0.3, -0.25) is 4.79 Å². The second-order valence-electron chi connectivity index (χ2n) is 5.75. The third-order valence-electron chi connectivity index (χ3n) is 4.21. The molecule has 4 nitrogen and oxygen atoms in total. The van der Waals surface area contributed by atoms with Gasteiger partial charge in [0.25, 0.3) is 0 Å². The normalized spacial score (nSPS) is 14.7. The fourth-order valence-electron chi connectivity index (χ4n) is 3.20. The van der Waals surface area contributed by atoms with Crippen molar-refractivity contribution in [2.75, 3.05) is 18.5 Å². The predicted octanol–water partition coefficient (Wildman–Crippen LogP) is 3.50. The van der Waals surface area contributed by atoms with Crippen LogP contribution in [-0.4, -0.2) is 19.1 Å². The van der Waals surface area contributed by atoms with Crippen molar-refractivity contribution in [2.24, 2.45) is 0 Å². The minimum atomic E-state index is -0.0406. The Morgan fingerprint density at radius 3 is 2.91 bits per heavy atom. The van der Waals surface area contributed by atoms with Crippen molar-refractivity contribution in [3.8, 4) is 11.5 Å². The summed E-state index contributed by atoms with van der Waals surface area (Å²) in [5.74, 6) is 1.76. The van der Waals surface area contributed by atoms with Crippen LogP contribution >= 0.6 is 15.9 Å². The number of anilines is 1. The van der Waals surface area contributed by atoms with Gasteiger partial charge in [-0.05, 0) is 24.3 Å².